The van der Waals surface area contributed by atoms with E-state index < -0.39 is 0 Å². The first kappa shape index (κ1) is 21.1. The number of nitrogens with zero attached hydrogens (tertiary/aromatic N) is 4. The fourth-order valence-electron chi connectivity index (χ4n) is 3.15. The van der Waals surface area contributed by atoms with Gasteiger partial charge in [-0.2, -0.15) is 4.98 Å². The van der Waals surface area contributed by atoms with Gasteiger partial charge in [-0.25, -0.2) is 4.98 Å². The molecule has 0 atom stereocenters. The SMILES string of the molecule is Cc1cc(C(=O)NCc2nc(N3CCOCC3)nc(Nc3ccc(Cl)cc3)c2C)no1. The number of nitrogens with one attached hydrogen (secondary N) is 2. The number of aromatic nitrogens is 3. The molecule has 162 valence electrons. The molecule has 1 amide bonds. The van der Waals surface area contributed by atoms with E-state index in [9.17, 15) is 4.79 Å². The Morgan fingerprint density at radius 3 is 2.58 bits per heavy atom. The van der Waals surface area contributed by atoms with Crippen LogP contribution in [-0.2, 0) is 11.3 Å². The van der Waals surface area contributed by atoms with Crippen LogP contribution in [-0.4, -0.2) is 47.3 Å². The zero-order valence-electron chi connectivity index (χ0n) is 17.3. The van der Waals surface area contributed by atoms with Crippen LogP contribution in [0.5, 0.6) is 0 Å². The monoisotopic (exact) mass is 442 g/mol. The highest BCUT2D eigenvalue weighted by Crippen LogP contribution is 2.25. The average molecular weight is 443 g/mol. The lowest BCUT2D eigenvalue weighted by atomic mass is 10.2. The van der Waals surface area contributed by atoms with Crippen LogP contribution in [0.4, 0.5) is 17.5 Å². The van der Waals surface area contributed by atoms with E-state index in [4.69, 9.17) is 30.8 Å². The smallest absolute Gasteiger partial charge is 0.273 e. The molecule has 4 rings (SSSR count). The molecule has 2 N–H and O–H groups in total. The van der Waals surface area contributed by atoms with Crippen molar-refractivity contribution in [3.63, 3.8) is 0 Å². The average Bonchev–Trinajstić information content (AvgIpc) is 3.22. The van der Waals surface area contributed by atoms with Gasteiger partial charge in [0.25, 0.3) is 5.91 Å². The number of carbonyl (C=O) groups is 1. The molecule has 0 aliphatic carbocycles. The third-order valence-electron chi connectivity index (χ3n) is 4.91. The summed E-state index contributed by atoms with van der Waals surface area (Å²) in [5, 5.41) is 10.6. The van der Waals surface area contributed by atoms with Crippen molar-refractivity contribution >= 4 is 35.0 Å². The first-order valence-corrected chi connectivity index (χ1v) is 10.3. The Kier molecular flexibility index (Phi) is 6.34. The standard InChI is InChI=1S/C21H23ClN6O3/c1-13-11-17(27-31-13)20(29)23-12-18-14(2)19(24-16-5-3-15(22)4-6-16)26-21(25-18)28-7-9-30-10-8-28/h3-6,11H,7-10,12H2,1-2H3,(H,23,29)(H,24,25,26). The van der Waals surface area contributed by atoms with Crippen molar-refractivity contribution in [2.75, 3.05) is 36.5 Å². The molecule has 31 heavy (non-hydrogen) atoms. The Bertz CT molecular complexity index is 1060. The molecular formula is C21H23ClN6O3. The summed E-state index contributed by atoms with van der Waals surface area (Å²) in [6.45, 7) is 6.53. The summed E-state index contributed by atoms with van der Waals surface area (Å²) in [6, 6.07) is 8.98. The molecule has 0 bridgehead atoms. The van der Waals surface area contributed by atoms with Gasteiger partial charge in [-0.05, 0) is 38.1 Å². The van der Waals surface area contributed by atoms with Gasteiger partial charge in [0.05, 0.1) is 25.5 Å². The number of morpholine rings is 1. The molecule has 3 aromatic rings. The van der Waals surface area contributed by atoms with Crippen molar-refractivity contribution in [2.45, 2.75) is 20.4 Å². The number of amides is 1. The van der Waals surface area contributed by atoms with Crippen LogP contribution in [0.1, 0.15) is 27.5 Å². The highest BCUT2D eigenvalue weighted by Gasteiger charge is 2.19. The molecular weight excluding hydrogens is 420 g/mol. The van der Waals surface area contributed by atoms with Gasteiger partial charge in [-0.1, -0.05) is 16.8 Å². The number of benzene rings is 1. The minimum absolute atomic E-state index is 0.228. The first-order valence-electron chi connectivity index (χ1n) is 9.94. The van der Waals surface area contributed by atoms with Crippen molar-refractivity contribution in [1.29, 1.82) is 0 Å². The summed E-state index contributed by atoms with van der Waals surface area (Å²) in [4.78, 5) is 23.9. The number of rotatable bonds is 6. The molecule has 10 heteroatoms. The number of aryl methyl sites for hydroxylation is 1. The number of anilines is 3. The summed E-state index contributed by atoms with van der Waals surface area (Å²) >= 11 is 6.00. The molecule has 1 aromatic carbocycles. The van der Waals surface area contributed by atoms with E-state index in [-0.39, 0.29) is 18.1 Å². The van der Waals surface area contributed by atoms with Crippen LogP contribution >= 0.6 is 11.6 Å². The molecule has 3 heterocycles. The van der Waals surface area contributed by atoms with Gasteiger partial charge >= 0.3 is 0 Å². The molecule has 0 radical (unpaired) electrons. The summed E-state index contributed by atoms with van der Waals surface area (Å²) in [5.74, 6) is 1.51. The normalized spacial score (nSPS) is 13.8. The Morgan fingerprint density at radius 1 is 1.16 bits per heavy atom. The summed E-state index contributed by atoms with van der Waals surface area (Å²) in [7, 11) is 0. The summed E-state index contributed by atoms with van der Waals surface area (Å²) < 4.78 is 10.4. The minimum atomic E-state index is -0.324. The predicted octanol–water partition coefficient (Wildman–Crippen LogP) is 3.25. The zero-order valence-corrected chi connectivity index (χ0v) is 18.1. The van der Waals surface area contributed by atoms with Crippen LogP contribution < -0.4 is 15.5 Å². The number of hydrogen-bond donors (Lipinski definition) is 2. The molecule has 2 aromatic heterocycles. The molecule has 0 unspecified atom stereocenters. The van der Waals surface area contributed by atoms with Gasteiger partial charge in [0.2, 0.25) is 5.95 Å². The van der Waals surface area contributed by atoms with E-state index in [0.29, 0.717) is 54.5 Å². The lowest BCUT2D eigenvalue weighted by Crippen LogP contribution is -2.38. The Labute approximate surface area is 184 Å². The second-order valence-electron chi connectivity index (χ2n) is 7.18. The molecule has 0 saturated carbocycles. The van der Waals surface area contributed by atoms with Crippen molar-refractivity contribution in [3.05, 3.63) is 58.1 Å². The molecule has 1 fully saturated rings. The number of ether oxygens (including phenoxy) is 1. The van der Waals surface area contributed by atoms with Gasteiger partial charge in [0.1, 0.15) is 11.6 Å². The number of carbonyl (C=O) groups excluding carboxylic acids is 1. The molecule has 1 saturated heterocycles. The van der Waals surface area contributed by atoms with Crippen LogP contribution in [0.15, 0.2) is 34.9 Å². The highest BCUT2D eigenvalue weighted by molar-refractivity contribution is 6.30. The largest absolute Gasteiger partial charge is 0.378 e. The fraction of sp³-hybridized carbons (Fsp3) is 0.333. The summed E-state index contributed by atoms with van der Waals surface area (Å²) in [5.41, 5.74) is 2.63. The van der Waals surface area contributed by atoms with Crippen molar-refractivity contribution in [1.82, 2.24) is 20.4 Å². The maximum Gasteiger partial charge on any atom is 0.273 e. The van der Waals surface area contributed by atoms with Gasteiger partial charge in [0.15, 0.2) is 5.69 Å². The molecule has 1 aliphatic rings. The molecule has 0 spiro atoms. The van der Waals surface area contributed by atoms with Crippen molar-refractivity contribution < 1.29 is 14.1 Å². The van der Waals surface area contributed by atoms with E-state index in [1.165, 1.54) is 0 Å². The fourth-order valence-corrected chi connectivity index (χ4v) is 3.27. The quantitative estimate of drug-likeness (QED) is 0.599. The van der Waals surface area contributed by atoms with E-state index in [2.05, 4.69) is 20.7 Å². The van der Waals surface area contributed by atoms with Crippen LogP contribution in [0.2, 0.25) is 5.02 Å². The Balaban J connectivity index is 1.60. The van der Waals surface area contributed by atoms with Gasteiger partial charge in [-0.15, -0.1) is 0 Å². The Morgan fingerprint density at radius 2 is 1.90 bits per heavy atom. The third-order valence-corrected chi connectivity index (χ3v) is 5.16. The zero-order chi connectivity index (χ0) is 21.8. The van der Waals surface area contributed by atoms with Crippen molar-refractivity contribution in [2.24, 2.45) is 0 Å². The lowest BCUT2D eigenvalue weighted by molar-refractivity contribution is 0.0941. The second-order valence-corrected chi connectivity index (χ2v) is 7.62. The first-order chi connectivity index (χ1) is 15.0. The van der Waals surface area contributed by atoms with E-state index in [0.717, 1.165) is 11.3 Å². The van der Waals surface area contributed by atoms with E-state index in [1.807, 2.05) is 31.2 Å². The molecule has 1 aliphatic heterocycles. The maximum atomic E-state index is 12.4. The molecule has 9 nitrogen and oxygen atoms in total. The van der Waals surface area contributed by atoms with E-state index >= 15 is 0 Å². The Hall–Kier alpha value is -3.17. The number of halogens is 1. The summed E-state index contributed by atoms with van der Waals surface area (Å²) in [6.07, 6.45) is 0. The predicted molar refractivity (Wildman–Crippen MR) is 117 cm³/mol. The third kappa shape index (κ3) is 5.12. The van der Waals surface area contributed by atoms with Crippen LogP contribution in [0.25, 0.3) is 0 Å². The second kappa shape index (κ2) is 9.32. The number of hydrogen-bond acceptors (Lipinski definition) is 8. The van der Waals surface area contributed by atoms with Crippen LogP contribution in [0.3, 0.4) is 0 Å². The van der Waals surface area contributed by atoms with Gasteiger partial charge in [-0.3, -0.25) is 4.79 Å². The topological polar surface area (TPSA) is 105 Å². The van der Waals surface area contributed by atoms with E-state index in [1.54, 1.807) is 13.0 Å². The maximum absolute atomic E-state index is 12.4. The van der Waals surface area contributed by atoms with Gasteiger partial charge < -0.3 is 24.8 Å². The van der Waals surface area contributed by atoms with Gasteiger partial charge in [0, 0.05) is 35.4 Å². The van der Waals surface area contributed by atoms with Crippen molar-refractivity contribution in [3.8, 4) is 0 Å². The highest BCUT2D eigenvalue weighted by atomic mass is 35.5. The lowest BCUT2D eigenvalue weighted by Gasteiger charge is -2.28. The van der Waals surface area contributed by atoms with Crippen LogP contribution in [0, 0.1) is 13.8 Å². The minimum Gasteiger partial charge on any atom is -0.378 e.